The van der Waals surface area contributed by atoms with Gasteiger partial charge in [0.2, 0.25) is 5.88 Å². The van der Waals surface area contributed by atoms with Crippen LogP contribution in [0.25, 0.3) is 0 Å². The van der Waals surface area contributed by atoms with Gasteiger partial charge in [-0.1, -0.05) is 11.6 Å². The minimum Gasteiger partial charge on any atom is -0.438 e. The molecule has 0 saturated heterocycles. The van der Waals surface area contributed by atoms with Gasteiger partial charge in [-0.3, -0.25) is 0 Å². The number of aromatic nitrogens is 2. The first-order valence-electron chi connectivity index (χ1n) is 6.21. The lowest BCUT2D eigenvalue weighted by Crippen LogP contribution is -2.00. The average molecular weight is 297 g/mol. The molecule has 2 aromatic rings. The second-order valence-electron chi connectivity index (χ2n) is 4.76. The Morgan fingerprint density at radius 3 is 2.60 bits per heavy atom. The van der Waals surface area contributed by atoms with Crippen LogP contribution < -0.4 is 4.74 Å². The monoisotopic (exact) mass is 296 g/mol. The zero-order valence-corrected chi connectivity index (χ0v) is 11.4. The Kier molecular flexibility index (Phi) is 3.30. The first-order valence-corrected chi connectivity index (χ1v) is 6.59. The van der Waals surface area contributed by atoms with Crippen molar-refractivity contribution in [1.29, 1.82) is 0 Å². The number of hydrogen-bond acceptors (Lipinski definition) is 3. The standard InChI is InChI=1S/C14H11ClF2N2O/c1-7-12(15)18-13(8-2-3-8)19-14(7)20-9-4-5-10(16)11(17)6-9/h4-6,8H,2-3H2,1H3. The number of hydrogen-bond donors (Lipinski definition) is 0. The van der Waals surface area contributed by atoms with Crippen molar-refractivity contribution < 1.29 is 13.5 Å². The number of ether oxygens (including phenoxy) is 1. The molecule has 1 heterocycles. The Morgan fingerprint density at radius 1 is 1.20 bits per heavy atom. The van der Waals surface area contributed by atoms with Crippen LogP contribution >= 0.6 is 11.6 Å². The zero-order chi connectivity index (χ0) is 14.3. The van der Waals surface area contributed by atoms with E-state index in [4.69, 9.17) is 16.3 Å². The summed E-state index contributed by atoms with van der Waals surface area (Å²) in [4.78, 5) is 8.52. The number of halogens is 3. The van der Waals surface area contributed by atoms with Gasteiger partial charge in [0.25, 0.3) is 0 Å². The Bertz CT molecular complexity index is 674. The van der Waals surface area contributed by atoms with Crippen LogP contribution in [0.1, 0.15) is 30.1 Å². The van der Waals surface area contributed by atoms with E-state index in [1.807, 2.05) is 0 Å². The van der Waals surface area contributed by atoms with Gasteiger partial charge in [0.1, 0.15) is 16.7 Å². The molecule has 0 spiro atoms. The van der Waals surface area contributed by atoms with Crippen LogP contribution in [0.4, 0.5) is 8.78 Å². The number of nitrogens with zero attached hydrogens (tertiary/aromatic N) is 2. The van der Waals surface area contributed by atoms with E-state index in [9.17, 15) is 8.78 Å². The van der Waals surface area contributed by atoms with Gasteiger partial charge in [0.05, 0.1) is 0 Å². The minimum atomic E-state index is -0.970. The van der Waals surface area contributed by atoms with Crippen molar-refractivity contribution in [3.63, 3.8) is 0 Å². The van der Waals surface area contributed by atoms with Gasteiger partial charge in [-0.15, -0.1) is 0 Å². The van der Waals surface area contributed by atoms with E-state index in [2.05, 4.69) is 9.97 Å². The van der Waals surface area contributed by atoms with E-state index in [1.165, 1.54) is 6.07 Å². The third-order valence-electron chi connectivity index (χ3n) is 3.11. The van der Waals surface area contributed by atoms with Crippen LogP contribution in [-0.2, 0) is 0 Å². The molecule has 0 aliphatic heterocycles. The Morgan fingerprint density at radius 2 is 1.95 bits per heavy atom. The summed E-state index contributed by atoms with van der Waals surface area (Å²) in [5.41, 5.74) is 0.570. The lowest BCUT2D eigenvalue weighted by molar-refractivity contribution is 0.441. The summed E-state index contributed by atoms with van der Waals surface area (Å²) >= 11 is 6.05. The molecule has 0 N–H and O–H groups in total. The summed E-state index contributed by atoms with van der Waals surface area (Å²) in [5.74, 6) is -0.490. The molecule has 1 aliphatic carbocycles. The molecular weight excluding hydrogens is 286 g/mol. The molecule has 1 saturated carbocycles. The molecule has 1 aromatic carbocycles. The van der Waals surface area contributed by atoms with E-state index in [1.54, 1.807) is 6.92 Å². The van der Waals surface area contributed by atoms with Crippen LogP contribution in [0.2, 0.25) is 5.15 Å². The Balaban J connectivity index is 1.94. The van der Waals surface area contributed by atoms with E-state index in [0.717, 1.165) is 25.0 Å². The van der Waals surface area contributed by atoms with Gasteiger partial charge in [0.15, 0.2) is 11.6 Å². The molecular formula is C14H11ClF2N2O. The third kappa shape index (κ3) is 2.58. The van der Waals surface area contributed by atoms with Crippen molar-refractivity contribution in [2.24, 2.45) is 0 Å². The van der Waals surface area contributed by atoms with Gasteiger partial charge < -0.3 is 4.74 Å². The Hall–Kier alpha value is -1.75. The van der Waals surface area contributed by atoms with Crippen LogP contribution in [0.5, 0.6) is 11.6 Å². The quantitative estimate of drug-likeness (QED) is 0.788. The van der Waals surface area contributed by atoms with Crippen LogP contribution in [-0.4, -0.2) is 9.97 Å². The van der Waals surface area contributed by atoms with Crippen molar-refractivity contribution in [1.82, 2.24) is 9.97 Å². The van der Waals surface area contributed by atoms with Gasteiger partial charge in [-0.2, -0.15) is 4.98 Å². The topological polar surface area (TPSA) is 35.0 Å². The molecule has 0 bridgehead atoms. The molecule has 104 valence electrons. The molecule has 1 aromatic heterocycles. The maximum absolute atomic E-state index is 13.2. The van der Waals surface area contributed by atoms with E-state index in [-0.39, 0.29) is 11.6 Å². The Labute approximate surface area is 119 Å². The summed E-state index contributed by atoms with van der Waals surface area (Å²) < 4.78 is 31.5. The molecule has 0 amide bonds. The third-order valence-corrected chi connectivity index (χ3v) is 3.48. The fourth-order valence-electron chi connectivity index (χ4n) is 1.76. The second-order valence-corrected chi connectivity index (χ2v) is 5.11. The highest BCUT2D eigenvalue weighted by Gasteiger charge is 2.28. The van der Waals surface area contributed by atoms with Gasteiger partial charge in [-0.05, 0) is 31.9 Å². The predicted octanol–water partition coefficient (Wildman–Crippen LogP) is 4.39. The maximum Gasteiger partial charge on any atom is 0.226 e. The average Bonchev–Trinajstić information content (AvgIpc) is 3.23. The first kappa shape index (κ1) is 13.2. The van der Waals surface area contributed by atoms with Gasteiger partial charge in [-0.25, -0.2) is 13.8 Å². The largest absolute Gasteiger partial charge is 0.438 e. The highest BCUT2D eigenvalue weighted by molar-refractivity contribution is 6.30. The summed E-state index contributed by atoms with van der Waals surface area (Å²) in [6.07, 6.45) is 2.06. The molecule has 3 nitrogen and oxygen atoms in total. The van der Waals surface area contributed by atoms with Crippen molar-refractivity contribution >= 4 is 11.6 Å². The second kappa shape index (κ2) is 4.98. The highest BCUT2D eigenvalue weighted by atomic mass is 35.5. The fraction of sp³-hybridized carbons (Fsp3) is 0.286. The molecule has 1 fully saturated rings. The smallest absolute Gasteiger partial charge is 0.226 e. The first-order chi connectivity index (χ1) is 9.54. The normalized spacial score (nSPS) is 14.4. The summed E-state index contributed by atoms with van der Waals surface area (Å²) in [6.45, 7) is 1.72. The molecule has 0 unspecified atom stereocenters. The van der Waals surface area contributed by atoms with Crippen molar-refractivity contribution in [2.45, 2.75) is 25.7 Å². The summed E-state index contributed by atoms with van der Waals surface area (Å²) in [5, 5.41) is 0.319. The number of benzene rings is 1. The molecule has 0 radical (unpaired) electrons. The maximum atomic E-state index is 13.2. The van der Waals surface area contributed by atoms with Gasteiger partial charge in [0, 0.05) is 17.5 Å². The lowest BCUT2D eigenvalue weighted by atomic mass is 10.3. The zero-order valence-electron chi connectivity index (χ0n) is 10.7. The van der Waals surface area contributed by atoms with E-state index < -0.39 is 11.6 Å². The predicted molar refractivity (Wildman–Crippen MR) is 70.2 cm³/mol. The van der Waals surface area contributed by atoms with Crippen molar-refractivity contribution in [3.05, 3.63) is 46.4 Å². The molecule has 20 heavy (non-hydrogen) atoms. The highest BCUT2D eigenvalue weighted by Crippen LogP contribution is 2.40. The van der Waals surface area contributed by atoms with Crippen LogP contribution in [0.3, 0.4) is 0 Å². The molecule has 6 heteroatoms. The van der Waals surface area contributed by atoms with Gasteiger partial charge >= 0.3 is 0 Å². The summed E-state index contributed by atoms with van der Waals surface area (Å²) in [7, 11) is 0. The van der Waals surface area contributed by atoms with Crippen LogP contribution in [0.15, 0.2) is 18.2 Å². The van der Waals surface area contributed by atoms with E-state index in [0.29, 0.717) is 22.5 Å². The molecule has 3 rings (SSSR count). The lowest BCUT2D eigenvalue weighted by Gasteiger charge is -2.10. The van der Waals surface area contributed by atoms with Crippen LogP contribution in [0, 0.1) is 18.6 Å². The minimum absolute atomic E-state index is 0.170. The summed E-state index contributed by atoms with van der Waals surface area (Å²) in [6, 6.07) is 3.32. The fourth-order valence-corrected chi connectivity index (χ4v) is 1.93. The van der Waals surface area contributed by atoms with E-state index >= 15 is 0 Å². The number of rotatable bonds is 3. The molecule has 1 aliphatic rings. The van der Waals surface area contributed by atoms with Crippen molar-refractivity contribution in [2.75, 3.05) is 0 Å². The molecule has 0 atom stereocenters. The van der Waals surface area contributed by atoms with Crippen molar-refractivity contribution in [3.8, 4) is 11.6 Å². The SMILES string of the molecule is Cc1c(Cl)nc(C2CC2)nc1Oc1ccc(F)c(F)c1.